The van der Waals surface area contributed by atoms with E-state index in [1.54, 1.807) is 6.20 Å². The van der Waals surface area contributed by atoms with Crippen molar-refractivity contribution < 1.29 is 4.79 Å². The highest BCUT2D eigenvalue weighted by molar-refractivity contribution is 5.76. The maximum atomic E-state index is 11.5. The van der Waals surface area contributed by atoms with E-state index >= 15 is 0 Å². The van der Waals surface area contributed by atoms with Crippen LogP contribution in [-0.2, 0) is 17.9 Å². The van der Waals surface area contributed by atoms with Gasteiger partial charge < -0.3 is 10.6 Å². The van der Waals surface area contributed by atoms with Crippen LogP contribution in [0.5, 0.6) is 0 Å². The van der Waals surface area contributed by atoms with Crippen LogP contribution in [0.4, 0.5) is 0 Å². The quantitative estimate of drug-likeness (QED) is 0.686. The molecule has 5 nitrogen and oxygen atoms in total. The van der Waals surface area contributed by atoms with Crippen molar-refractivity contribution in [3.8, 4) is 0 Å². The number of amides is 1. The SMILES string of the molecule is CCC(C)NC(=O)CCNCc1ccnn1CC. The van der Waals surface area contributed by atoms with E-state index in [4.69, 9.17) is 0 Å². The molecule has 0 saturated carbocycles. The zero-order valence-corrected chi connectivity index (χ0v) is 11.6. The fourth-order valence-corrected chi connectivity index (χ4v) is 1.66. The van der Waals surface area contributed by atoms with E-state index < -0.39 is 0 Å². The molecule has 1 heterocycles. The van der Waals surface area contributed by atoms with Crippen molar-refractivity contribution in [1.29, 1.82) is 0 Å². The number of hydrogen-bond acceptors (Lipinski definition) is 3. The predicted octanol–water partition coefficient (Wildman–Crippen LogP) is 1.30. The summed E-state index contributed by atoms with van der Waals surface area (Å²) < 4.78 is 1.95. The lowest BCUT2D eigenvalue weighted by molar-refractivity contribution is -0.121. The summed E-state index contributed by atoms with van der Waals surface area (Å²) in [6, 6.07) is 2.26. The number of nitrogens with zero attached hydrogens (tertiary/aromatic N) is 2. The molecule has 0 aliphatic carbocycles. The summed E-state index contributed by atoms with van der Waals surface area (Å²) >= 11 is 0. The van der Waals surface area contributed by atoms with Crippen molar-refractivity contribution in [3.63, 3.8) is 0 Å². The first-order chi connectivity index (χ1) is 8.67. The van der Waals surface area contributed by atoms with Gasteiger partial charge in [0.25, 0.3) is 0 Å². The van der Waals surface area contributed by atoms with Gasteiger partial charge in [0, 0.05) is 38.3 Å². The molecule has 1 aromatic heterocycles. The summed E-state index contributed by atoms with van der Waals surface area (Å²) in [5, 5.41) is 10.4. The van der Waals surface area contributed by atoms with Crippen LogP contribution < -0.4 is 10.6 Å². The summed E-state index contributed by atoms with van der Waals surface area (Å²) in [7, 11) is 0. The van der Waals surface area contributed by atoms with Gasteiger partial charge in [0.05, 0.1) is 5.69 Å². The van der Waals surface area contributed by atoms with E-state index in [9.17, 15) is 4.79 Å². The summed E-state index contributed by atoms with van der Waals surface area (Å²) in [6.45, 7) is 8.47. The van der Waals surface area contributed by atoms with E-state index in [2.05, 4.69) is 29.6 Å². The van der Waals surface area contributed by atoms with Crippen molar-refractivity contribution in [2.24, 2.45) is 0 Å². The van der Waals surface area contributed by atoms with E-state index in [1.807, 2.05) is 17.7 Å². The van der Waals surface area contributed by atoms with Gasteiger partial charge in [-0.25, -0.2) is 0 Å². The molecule has 1 unspecified atom stereocenters. The molecule has 0 spiro atoms. The highest BCUT2D eigenvalue weighted by atomic mass is 16.1. The summed E-state index contributed by atoms with van der Waals surface area (Å²) in [4.78, 5) is 11.5. The molecule has 1 atom stereocenters. The predicted molar refractivity (Wildman–Crippen MR) is 72.1 cm³/mol. The van der Waals surface area contributed by atoms with Crippen LogP contribution in [0.1, 0.15) is 39.3 Å². The number of aryl methyl sites for hydroxylation is 1. The Kier molecular flexibility index (Phi) is 6.43. The van der Waals surface area contributed by atoms with Crippen LogP contribution in [0.2, 0.25) is 0 Å². The number of aromatic nitrogens is 2. The average Bonchev–Trinajstić information content (AvgIpc) is 2.81. The molecule has 1 amide bonds. The molecule has 18 heavy (non-hydrogen) atoms. The molecule has 0 saturated heterocycles. The lowest BCUT2D eigenvalue weighted by Crippen LogP contribution is -2.34. The molecule has 0 fully saturated rings. The highest BCUT2D eigenvalue weighted by Gasteiger charge is 2.05. The Bertz CT molecular complexity index is 362. The Morgan fingerprint density at radius 2 is 2.28 bits per heavy atom. The van der Waals surface area contributed by atoms with E-state index in [-0.39, 0.29) is 11.9 Å². The fraction of sp³-hybridized carbons (Fsp3) is 0.692. The van der Waals surface area contributed by atoms with Crippen LogP contribution in [0.3, 0.4) is 0 Å². The zero-order chi connectivity index (χ0) is 13.4. The van der Waals surface area contributed by atoms with Crippen LogP contribution >= 0.6 is 0 Å². The summed E-state index contributed by atoms with van der Waals surface area (Å²) in [5.41, 5.74) is 1.15. The molecular formula is C13H24N4O. The standard InChI is InChI=1S/C13H24N4O/c1-4-11(3)16-13(18)7-8-14-10-12-6-9-15-17(12)5-2/h6,9,11,14H,4-5,7-8,10H2,1-3H3,(H,16,18). The highest BCUT2D eigenvalue weighted by Crippen LogP contribution is 1.97. The lowest BCUT2D eigenvalue weighted by Gasteiger charge is -2.11. The van der Waals surface area contributed by atoms with Gasteiger partial charge in [-0.15, -0.1) is 0 Å². The third-order valence-corrected chi connectivity index (χ3v) is 2.96. The van der Waals surface area contributed by atoms with Gasteiger partial charge in [-0.3, -0.25) is 9.48 Å². The summed E-state index contributed by atoms with van der Waals surface area (Å²) in [5.74, 6) is 0.112. The van der Waals surface area contributed by atoms with E-state index in [0.29, 0.717) is 13.0 Å². The lowest BCUT2D eigenvalue weighted by atomic mass is 10.2. The third kappa shape index (κ3) is 4.87. The van der Waals surface area contributed by atoms with Gasteiger partial charge in [0.2, 0.25) is 5.91 Å². The van der Waals surface area contributed by atoms with Crippen molar-refractivity contribution in [2.45, 2.75) is 52.7 Å². The maximum absolute atomic E-state index is 11.5. The normalized spacial score (nSPS) is 12.4. The Morgan fingerprint density at radius 3 is 2.94 bits per heavy atom. The van der Waals surface area contributed by atoms with E-state index in [1.165, 1.54) is 0 Å². The number of carbonyl (C=O) groups is 1. The number of hydrogen-bond donors (Lipinski definition) is 2. The minimum atomic E-state index is 0.112. The van der Waals surface area contributed by atoms with Crippen LogP contribution in [0, 0.1) is 0 Å². The minimum Gasteiger partial charge on any atom is -0.354 e. The van der Waals surface area contributed by atoms with Crippen molar-refractivity contribution in [3.05, 3.63) is 18.0 Å². The zero-order valence-electron chi connectivity index (χ0n) is 11.6. The fourth-order valence-electron chi connectivity index (χ4n) is 1.66. The van der Waals surface area contributed by atoms with Crippen LogP contribution in [0.15, 0.2) is 12.3 Å². The molecule has 0 bridgehead atoms. The minimum absolute atomic E-state index is 0.112. The Labute approximate surface area is 109 Å². The Balaban J connectivity index is 2.17. The third-order valence-electron chi connectivity index (χ3n) is 2.96. The molecular weight excluding hydrogens is 228 g/mol. The van der Waals surface area contributed by atoms with Gasteiger partial charge in [-0.2, -0.15) is 5.10 Å². The van der Waals surface area contributed by atoms with Crippen LogP contribution in [-0.4, -0.2) is 28.3 Å². The number of rotatable bonds is 8. The van der Waals surface area contributed by atoms with Gasteiger partial charge in [0.15, 0.2) is 0 Å². The first-order valence-electron chi connectivity index (χ1n) is 6.68. The van der Waals surface area contributed by atoms with Gasteiger partial charge in [0.1, 0.15) is 0 Å². The summed E-state index contributed by atoms with van der Waals surface area (Å²) in [6.07, 6.45) is 3.29. The second-order valence-corrected chi connectivity index (χ2v) is 4.44. The molecule has 1 aromatic rings. The van der Waals surface area contributed by atoms with Crippen molar-refractivity contribution in [2.75, 3.05) is 6.54 Å². The number of carbonyl (C=O) groups excluding carboxylic acids is 1. The molecule has 5 heteroatoms. The monoisotopic (exact) mass is 252 g/mol. The Morgan fingerprint density at radius 1 is 1.50 bits per heavy atom. The average molecular weight is 252 g/mol. The van der Waals surface area contributed by atoms with Gasteiger partial charge in [-0.05, 0) is 26.3 Å². The van der Waals surface area contributed by atoms with E-state index in [0.717, 1.165) is 25.2 Å². The number of nitrogens with one attached hydrogen (secondary N) is 2. The Hall–Kier alpha value is -1.36. The topological polar surface area (TPSA) is 59.0 Å². The largest absolute Gasteiger partial charge is 0.354 e. The van der Waals surface area contributed by atoms with Crippen molar-refractivity contribution in [1.82, 2.24) is 20.4 Å². The molecule has 0 aliphatic rings. The molecule has 0 aromatic carbocycles. The molecule has 102 valence electrons. The first-order valence-corrected chi connectivity index (χ1v) is 6.68. The van der Waals surface area contributed by atoms with Crippen LogP contribution in [0.25, 0.3) is 0 Å². The molecule has 0 aliphatic heterocycles. The van der Waals surface area contributed by atoms with Crippen molar-refractivity contribution >= 4 is 5.91 Å². The first kappa shape index (κ1) is 14.7. The maximum Gasteiger partial charge on any atom is 0.221 e. The van der Waals surface area contributed by atoms with Gasteiger partial charge >= 0.3 is 0 Å². The molecule has 1 rings (SSSR count). The second-order valence-electron chi connectivity index (χ2n) is 4.44. The second kappa shape index (κ2) is 7.87. The smallest absolute Gasteiger partial charge is 0.221 e. The van der Waals surface area contributed by atoms with Gasteiger partial charge in [-0.1, -0.05) is 6.92 Å². The molecule has 0 radical (unpaired) electrons. The molecule has 2 N–H and O–H groups in total.